The Hall–Kier alpha value is -3.25. The van der Waals surface area contributed by atoms with E-state index >= 15 is 0 Å². The minimum Gasteiger partial charge on any atom is -0.480 e. The van der Waals surface area contributed by atoms with Crippen LogP contribution in [0.2, 0.25) is 0 Å². The maximum absolute atomic E-state index is 12.6. The van der Waals surface area contributed by atoms with Crippen molar-refractivity contribution in [3.8, 4) is 0 Å². The summed E-state index contributed by atoms with van der Waals surface area (Å²) in [7, 11) is 0. The lowest BCUT2D eigenvalue weighted by atomic mass is 10.1. The van der Waals surface area contributed by atoms with Crippen molar-refractivity contribution >= 4 is 29.9 Å². The van der Waals surface area contributed by atoms with Crippen molar-refractivity contribution in [1.29, 1.82) is 10.8 Å². The van der Waals surface area contributed by atoms with Gasteiger partial charge in [-0.2, -0.15) is 0 Å². The molecule has 0 saturated carbocycles. The van der Waals surface area contributed by atoms with Crippen molar-refractivity contribution in [2.24, 2.45) is 11.5 Å². The Bertz CT molecular complexity index is 620. The monoisotopic (exact) mass is 430 g/mol. The summed E-state index contributed by atoms with van der Waals surface area (Å²) < 4.78 is 5.16. The Labute approximate surface area is 175 Å². The normalized spacial score (nSPS) is 12.8. The van der Waals surface area contributed by atoms with E-state index < -0.39 is 35.7 Å². The number of hydrogen-bond acceptors (Lipinski definition) is 6. The number of nitrogens with one attached hydrogen (secondary N) is 6. The van der Waals surface area contributed by atoms with Crippen molar-refractivity contribution in [3.63, 3.8) is 0 Å². The molecule has 0 aliphatic heterocycles. The summed E-state index contributed by atoms with van der Waals surface area (Å²) in [6.07, 6.45) is 0.201. The van der Waals surface area contributed by atoms with Gasteiger partial charge in [0.05, 0.1) is 0 Å². The Morgan fingerprint density at radius 3 is 1.80 bits per heavy atom. The first-order valence-electron chi connectivity index (χ1n) is 9.50. The van der Waals surface area contributed by atoms with Gasteiger partial charge in [0, 0.05) is 13.1 Å². The molecule has 13 nitrogen and oxygen atoms in total. The molecule has 0 rings (SSSR count). The van der Waals surface area contributed by atoms with E-state index in [1.165, 1.54) is 0 Å². The number of carbonyl (C=O) groups is 3. The largest absolute Gasteiger partial charge is 0.480 e. The van der Waals surface area contributed by atoms with Gasteiger partial charge in [0.15, 0.2) is 11.9 Å². The molecule has 0 fully saturated rings. The summed E-state index contributed by atoms with van der Waals surface area (Å²) in [4.78, 5) is 36.2. The first-order chi connectivity index (χ1) is 13.8. The van der Waals surface area contributed by atoms with Crippen molar-refractivity contribution in [2.45, 2.75) is 64.1 Å². The highest BCUT2D eigenvalue weighted by Crippen LogP contribution is 2.08. The average molecular weight is 431 g/mol. The van der Waals surface area contributed by atoms with Crippen LogP contribution < -0.4 is 32.7 Å². The van der Waals surface area contributed by atoms with E-state index in [0.29, 0.717) is 19.4 Å². The molecular formula is C17H34N8O5. The van der Waals surface area contributed by atoms with Crippen LogP contribution in [-0.2, 0) is 14.3 Å². The molecule has 0 aliphatic carbocycles. The quantitative estimate of drug-likeness (QED) is 0.105. The predicted octanol–water partition coefficient (Wildman–Crippen LogP) is -1.02. The van der Waals surface area contributed by atoms with Gasteiger partial charge in [-0.25, -0.2) is 9.59 Å². The molecule has 2 atom stereocenters. The minimum atomic E-state index is -1.22. The smallest absolute Gasteiger partial charge is 0.408 e. The SMILES string of the molecule is CC(C)(C)OC(=O)N[C@H](CCCNC(=N)N)C(=O)N[C@@H](CCCNC(=N)N)C(=O)O. The number of hydrogen-bond donors (Lipinski definition) is 9. The van der Waals surface area contributed by atoms with E-state index in [9.17, 15) is 19.5 Å². The zero-order valence-corrected chi connectivity index (χ0v) is 17.6. The summed E-state index contributed by atoms with van der Waals surface area (Å²) in [5.74, 6) is -2.34. The fraction of sp³-hybridized carbons (Fsp3) is 0.706. The number of rotatable bonds is 12. The third-order valence-corrected chi connectivity index (χ3v) is 3.59. The van der Waals surface area contributed by atoms with Crippen LogP contribution in [0.25, 0.3) is 0 Å². The highest BCUT2D eigenvalue weighted by Gasteiger charge is 2.27. The van der Waals surface area contributed by atoms with Gasteiger partial charge in [0.1, 0.15) is 17.7 Å². The first-order valence-corrected chi connectivity index (χ1v) is 9.50. The lowest BCUT2D eigenvalue weighted by molar-refractivity contribution is -0.142. The molecule has 30 heavy (non-hydrogen) atoms. The van der Waals surface area contributed by atoms with Gasteiger partial charge in [-0.1, -0.05) is 0 Å². The van der Waals surface area contributed by atoms with E-state index in [0.717, 1.165) is 0 Å². The second-order valence-corrected chi connectivity index (χ2v) is 7.56. The Balaban J connectivity index is 4.97. The van der Waals surface area contributed by atoms with Crippen LogP contribution in [0.3, 0.4) is 0 Å². The van der Waals surface area contributed by atoms with Crippen LogP contribution >= 0.6 is 0 Å². The molecule has 2 amide bonds. The number of ether oxygens (including phenoxy) is 1. The molecular weight excluding hydrogens is 396 g/mol. The molecule has 0 aliphatic rings. The molecule has 0 saturated heterocycles. The molecule has 11 N–H and O–H groups in total. The Morgan fingerprint density at radius 1 is 0.933 bits per heavy atom. The molecule has 0 aromatic rings. The van der Waals surface area contributed by atoms with Crippen LogP contribution in [0, 0.1) is 10.8 Å². The lowest BCUT2D eigenvalue weighted by Gasteiger charge is -2.24. The van der Waals surface area contributed by atoms with Gasteiger partial charge in [-0.05, 0) is 46.5 Å². The number of carbonyl (C=O) groups excluding carboxylic acids is 2. The summed E-state index contributed by atoms with van der Waals surface area (Å²) in [6.45, 7) is 5.61. The summed E-state index contributed by atoms with van der Waals surface area (Å²) in [6, 6.07) is -2.21. The van der Waals surface area contributed by atoms with Gasteiger partial charge < -0.3 is 42.6 Å². The summed E-state index contributed by atoms with van der Waals surface area (Å²) in [5, 5.41) is 33.6. The molecule has 0 aromatic carbocycles. The van der Waals surface area contributed by atoms with Gasteiger partial charge in [-0.3, -0.25) is 15.6 Å². The van der Waals surface area contributed by atoms with Crippen molar-refractivity contribution < 1.29 is 24.2 Å². The highest BCUT2D eigenvalue weighted by molar-refractivity contribution is 5.89. The van der Waals surface area contributed by atoms with E-state index in [1.807, 2.05) is 0 Å². The average Bonchev–Trinajstić information content (AvgIpc) is 2.57. The van der Waals surface area contributed by atoms with Crippen molar-refractivity contribution in [2.75, 3.05) is 13.1 Å². The number of aliphatic carboxylic acids is 1. The number of amides is 2. The number of carboxylic acids is 1. The first kappa shape index (κ1) is 26.8. The topological polar surface area (TPSA) is 229 Å². The molecule has 0 aromatic heterocycles. The number of nitrogens with two attached hydrogens (primary N) is 2. The molecule has 0 spiro atoms. The summed E-state index contributed by atoms with van der Waals surface area (Å²) in [5.41, 5.74) is 9.60. The Kier molecular flexibility index (Phi) is 11.6. The van der Waals surface area contributed by atoms with Gasteiger partial charge in [-0.15, -0.1) is 0 Å². The van der Waals surface area contributed by atoms with E-state index in [2.05, 4.69) is 21.3 Å². The fourth-order valence-electron chi connectivity index (χ4n) is 2.31. The number of carboxylic acid groups (broad SMARTS) is 1. The molecule has 0 unspecified atom stereocenters. The molecule has 13 heteroatoms. The lowest BCUT2D eigenvalue weighted by Crippen LogP contribution is -2.52. The van der Waals surface area contributed by atoms with Crippen LogP contribution in [0.15, 0.2) is 0 Å². The molecule has 0 bridgehead atoms. The molecule has 172 valence electrons. The third kappa shape index (κ3) is 13.8. The van der Waals surface area contributed by atoms with Crippen molar-refractivity contribution in [3.05, 3.63) is 0 Å². The van der Waals surface area contributed by atoms with Gasteiger partial charge in [0.2, 0.25) is 5.91 Å². The minimum absolute atomic E-state index is 0.104. The highest BCUT2D eigenvalue weighted by atomic mass is 16.6. The third-order valence-electron chi connectivity index (χ3n) is 3.59. The van der Waals surface area contributed by atoms with E-state index in [1.54, 1.807) is 20.8 Å². The second kappa shape index (κ2) is 13.1. The maximum atomic E-state index is 12.6. The standard InChI is InChI=1S/C17H34N8O5/c1-17(2,3)30-16(29)25-10(6-4-8-22-14(18)19)12(26)24-11(13(27)28)7-5-9-23-15(20)21/h10-11H,4-9H2,1-3H3,(H,24,26)(H,25,29)(H,27,28)(H4,18,19,22)(H4,20,21,23)/t10-,11+/m1/s1. The van der Waals surface area contributed by atoms with Crippen LogP contribution in [0.5, 0.6) is 0 Å². The van der Waals surface area contributed by atoms with E-state index in [4.69, 9.17) is 27.0 Å². The van der Waals surface area contributed by atoms with Crippen LogP contribution in [-0.4, -0.2) is 65.8 Å². The molecule has 0 radical (unpaired) electrons. The van der Waals surface area contributed by atoms with Crippen molar-refractivity contribution in [1.82, 2.24) is 21.3 Å². The summed E-state index contributed by atoms with van der Waals surface area (Å²) >= 11 is 0. The van der Waals surface area contributed by atoms with Crippen LogP contribution in [0.4, 0.5) is 4.79 Å². The predicted molar refractivity (Wildman–Crippen MR) is 111 cm³/mol. The number of guanidine groups is 2. The van der Waals surface area contributed by atoms with Crippen LogP contribution in [0.1, 0.15) is 46.5 Å². The second-order valence-electron chi connectivity index (χ2n) is 7.56. The zero-order chi connectivity index (χ0) is 23.3. The zero-order valence-electron chi connectivity index (χ0n) is 17.6. The maximum Gasteiger partial charge on any atom is 0.408 e. The van der Waals surface area contributed by atoms with Gasteiger partial charge >= 0.3 is 12.1 Å². The van der Waals surface area contributed by atoms with Gasteiger partial charge in [0.25, 0.3) is 0 Å². The fourth-order valence-corrected chi connectivity index (χ4v) is 2.31. The molecule has 0 heterocycles. The Morgan fingerprint density at radius 2 is 1.40 bits per heavy atom. The van der Waals surface area contributed by atoms with E-state index in [-0.39, 0.29) is 31.3 Å². The number of alkyl carbamates (subject to hydrolysis) is 1.